The number of sulfonamides is 1. The summed E-state index contributed by atoms with van der Waals surface area (Å²) in [5, 5.41) is 9.39. The highest BCUT2D eigenvalue weighted by Crippen LogP contribution is 2.64. The molecule has 198 valence electrons. The van der Waals surface area contributed by atoms with Gasteiger partial charge in [-0.05, 0) is 85.0 Å². The van der Waals surface area contributed by atoms with Crippen LogP contribution in [0.25, 0.3) is 17.2 Å². The Labute approximate surface area is 218 Å². The molecule has 0 atom stereocenters. The molecule has 0 bridgehead atoms. The fraction of sp³-hybridized carbons (Fsp3) is 0.517. The second-order valence-electron chi connectivity index (χ2n) is 11.6. The van der Waals surface area contributed by atoms with E-state index in [9.17, 15) is 22.7 Å². The van der Waals surface area contributed by atoms with Gasteiger partial charge < -0.3 is 5.11 Å². The van der Waals surface area contributed by atoms with Gasteiger partial charge in [-0.25, -0.2) is 17.8 Å². The van der Waals surface area contributed by atoms with Gasteiger partial charge in [0.25, 0.3) is 0 Å². The maximum absolute atomic E-state index is 13.9. The Kier molecular flexibility index (Phi) is 6.45. The topological polar surface area (TPSA) is 87.6 Å². The molecule has 37 heavy (non-hydrogen) atoms. The minimum absolute atomic E-state index is 0.00500. The summed E-state index contributed by atoms with van der Waals surface area (Å²) in [6.45, 7) is 4.49. The summed E-state index contributed by atoms with van der Waals surface area (Å²) < 4.78 is 40.6. The van der Waals surface area contributed by atoms with Crippen LogP contribution in [0.2, 0.25) is 0 Å². The van der Waals surface area contributed by atoms with Gasteiger partial charge in [0.1, 0.15) is 11.6 Å². The Bertz CT molecular complexity index is 1360. The van der Waals surface area contributed by atoms with E-state index in [0.29, 0.717) is 25.2 Å². The number of allylic oxidation sites excluding steroid dienone is 1. The molecule has 0 radical (unpaired) electrons. The molecule has 2 saturated carbocycles. The summed E-state index contributed by atoms with van der Waals surface area (Å²) in [4.78, 5) is 16.4. The van der Waals surface area contributed by atoms with Gasteiger partial charge in [-0.2, -0.15) is 0 Å². The Hall–Kier alpha value is -2.74. The van der Waals surface area contributed by atoms with E-state index < -0.39 is 16.0 Å². The van der Waals surface area contributed by atoms with E-state index >= 15 is 0 Å². The van der Waals surface area contributed by atoms with Gasteiger partial charge in [-0.1, -0.05) is 38.1 Å². The van der Waals surface area contributed by atoms with Crippen molar-refractivity contribution < 1.29 is 22.7 Å². The van der Waals surface area contributed by atoms with E-state index in [0.717, 1.165) is 60.1 Å². The lowest BCUT2D eigenvalue weighted by molar-refractivity contribution is -0.138. The van der Waals surface area contributed by atoms with E-state index in [1.165, 1.54) is 22.7 Å². The van der Waals surface area contributed by atoms with Gasteiger partial charge in [0.05, 0.1) is 18.4 Å². The van der Waals surface area contributed by atoms with Gasteiger partial charge in [0.15, 0.2) is 0 Å². The molecule has 5 rings (SSSR count). The lowest BCUT2D eigenvalue weighted by Crippen LogP contribution is -2.36. The molecular weight excluding hydrogens is 491 g/mol. The van der Waals surface area contributed by atoms with Crippen molar-refractivity contribution >= 4 is 27.9 Å². The number of aliphatic carboxylic acids is 1. The molecule has 0 unspecified atom stereocenters. The summed E-state index contributed by atoms with van der Waals surface area (Å²) in [6, 6.07) is 6.38. The first-order valence-electron chi connectivity index (χ1n) is 13.1. The lowest BCUT2D eigenvalue weighted by Gasteiger charge is -2.32. The van der Waals surface area contributed by atoms with Crippen LogP contribution in [0.3, 0.4) is 0 Å². The quantitative estimate of drug-likeness (QED) is 0.423. The standard InChI is InChI=1S/C29H35FN2O4S/c1-19(2)26-22(10-11-28(12-13-28)18-29(14-15-29)17-24(33)34)25(20-6-8-21(30)9-7-20)23-5-4-16-32(27(23)31-26)37(3,35)36/h6-11,19H,4-5,12-18H2,1-3H3,(H,33,34)/b11-10+. The number of aromatic nitrogens is 1. The number of carbonyl (C=O) groups is 1. The third-order valence-electron chi connectivity index (χ3n) is 8.15. The van der Waals surface area contributed by atoms with E-state index in [1.807, 2.05) is 13.8 Å². The molecule has 1 aromatic carbocycles. The number of benzene rings is 1. The smallest absolute Gasteiger partial charge is 0.303 e. The molecule has 8 heteroatoms. The van der Waals surface area contributed by atoms with Crippen molar-refractivity contribution in [2.75, 3.05) is 17.1 Å². The fourth-order valence-electron chi connectivity index (χ4n) is 5.95. The zero-order chi connectivity index (χ0) is 26.6. The maximum Gasteiger partial charge on any atom is 0.303 e. The van der Waals surface area contributed by atoms with E-state index in [1.54, 1.807) is 12.1 Å². The molecule has 3 aliphatic rings. The first-order chi connectivity index (χ1) is 17.4. The summed E-state index contributed by atoms with van der Waals surface area (Å²) in [5.74, 6) is -0.541. The number of halogens is 1. The van der Waals surface area contributed by atoms with Crippen LogP contribution >= 0.6 is 0 Å². The molecule has 2 aliphatic carbocycles. The van der Waals surface area contributed by atoms with Crippen LogP contribution in [0.4, 0.5) is 10.2 Å². The Balaban J connectivity index is 1.65. The molecule has 2 heterocycles. The number of pyridine rings is 1. The van der Waals surface area contributed by atoms with Crippen LogP contribution < -0.4 is 4.31 Å². The van der Waals surface area contributed by atoms with Gasteiger partial charge in [0.2, 0.25) is 10.0 Å². The maximum atomic E-state index is 13.9. The average molecular weight is 527 g/mol. The number of nitrogens with zero attached hydrogens (tertiary/aromatic N) is 2. The molecule has 1 aromatic heterocycles. The SMILES string of the molecule is CC(C)c1nc2c(c(-c3ccc(F)cc3)c1/C=C/C1(CC3(CC(=O)O)CC3)CC1)CCCN2S(C)(=O)=O. The lowest BCUT2D eigenvalue weighted by atomic mass is 9.84. The summed E-state index contributed by atoms with van der Waals surface area (Å²) in [6.07, 6.45) is 12.1. The van der Waals surface area contributed by atoms with Crippen molar-refractivity contribution in [1.82, 2.24) is 4.98 Å². The van der Waals surface area contributed by atoms with Crippen LogP contribution in [0, 0.1) is 16.6 Å². The normalized spacial score (nSPS) is 19.8. The van der Waals surface area contributed by atoms with Crippen molar-refractivity contribution in [2.45, 2.75) is 71.1 Å². The summed E-state index contributed by atoms with van der Waals surface area (Å²) >= 11 is 0. The number of hydrogen-bond acceptors (Lipinski definition) is 4. The van der Waals surface area contributed by atoms with Gasteiger partial charge >= 0.3 is 5.97 Å². The van der Waals surface area contributed by atoms with Crippen molar-refractivity contribution in [3.63, 3.8) is 0 Å². The second-order valence-corrected chi connectivity index (χ2v) is 13.5. The van der Waals surface area contributed by atoms with Crippen LogP contribution in [-0.4, -0.2) is 37.3 Å². The van der Waals surface area contributed by atoms with Crippen molar-refractivity contribution in [1.29, 1.82) is 0 Å². The highest BCUT2D eigenvalue weighted by molar-refractivity contribution is 7.92. The van der Waals surface area contributed by atoms with Crippen LogP contribution in [0.1, 0.15) is 81.5 Å². The first-order valence-corrected chi connectivity index (χ1v) is 15.0. The van der Waals surface area contributed by atoms with Crippen molar-refractivity contribution in [3.8, 4) is 11.1 Å². The summed E-state index contributed by atoms with van der Waals surface area (Å²) in [7, 11) is -3.50. The Morgan fingerprint density at radius 1 is 1.19 bits per heavy atom. The molecule has 1 aliphatic heterocycles. The molecule has 2 aromatic rings. The zero-order valence-electron chi connectivity index (χ0n) is 21.8. The number of carboxylic acids is 1. The number of fused-ring (bicyclic) bond motifs is 1. The minimum atomic E-state index is -3.50. The van der Waals surface area contributed by atoms with Gasteiger partial charge in [0, 0.05) is 17.7 Å². The number of anilines is 1. The predicted molar refractivity (Wildman–Crippen MR) is 143 cm³/mol. The Morgan fingerprint density at radius 2 is 1.86 bits per heavy atom. The van der Waals surface area contributed by atoms with Crippen LogP contribution in [0.5, 0.6) is 0 Å². The van der Waals surface area contributed by atoms with E-state index in [-0.39, 0.29) is 29.0 Å². The third kappa shape index (κ3) is 5.31. The molecular formula is C29H35FN2O4S. The van der Waals surface area contributed by atoms with Crippen LogP contribution in [-0.2, 0) is 21.2 Å². The van der Waals surface area contributed by atoms with Gasteiger partial charge in [-0.3, -0.25) is 9.10 Å². The second kappa shape index (κ2) is 9.22. The minimum Gasteiger partial charge on any atom is -0.481 e. The highest BCUT2D eigenvalue weighted by Gasteiger charge is 2.53. The number of rotatable bonds is 9. The molecule has 1 N–H and O–H groups in total. The molecule has 0 saturated heterocycles. The third-order valence-corrected chi connectivity index (χ3v) is 9.31. The average Bonchev–Trinajstić information content (AvgIpc) is 3.75. The molecule has 2 fully saturated rings. The highest BCUT2D eigenvalue weighted by atomic mass is 32.2. The monoisotopic (exact) mass is 526 g/mol. The molecule has 0 spiro atoms. The van der Waals surface area contributed by atoms with Crippen LogP contribution in [0.15, 0.2) is 30.3 Å². The Morgan fingerprint density at radius 3 is 2.41 bits per heavy atom. The summed E-state index contributed by atoms with van der Waals surface area (Å²) in [5.41, 5.74) is 4.30. The first kappa shape index (κ1) is 25.9. The van der Waals surface area contributed by atoms with E-state index in [4.69, 9.17) is 4.98 Å². The zero-order valence-corrected chi connectivity index (χ0v) is 22.6. The predicted octanol–water partition coefficient (Wildman–Crippen LogP) is 6.16. The largest absolute Gasteiger partial charge is 0.481 e. The molecule has 6 nitrogen and oxygen atoms in total. The van der Waals surface area contributed by atoms with Crippen molar-refractivity contribution in [3.05, 3.63) is 53.0 Å². The number of hydrogen-bond donors (Lipinski definition) is 1. The molecule has 0 amide bonds. The van der Waals surface area contributed by atoms with E-state index in [2.05, 4.69) is 12.2 Å². The van der Waals surface area contributed by atoms with Crippen molar-refractivity contribution in [2.24, 2.45) is 10.8 Å². The number of carboxylic acid groups (broad SMARTS) is 1. The fourth-order valence-corrected chi connectivity index (χ4v) is 6.88. The van der Waals surface area contributed by atoms with Gasteiger partial charge in [-0.15, -0.1) is 0 Å².